The number of nitrogens with zero attached hydrogens (tertiary/aromatic N) is 5. The molecule has 2 N–H and O–H groups in total. The van der Waals surface area contributed by atoms with Gasteiger partial charge in [0.15, 0.2) is 0 Å². The number of pyridine rings is 1. The van der Waals surface area contributed by atoms with E-state index in [9.17, 15) is 19.1 Å². The smallest absolute Gasteiger partial charge is 0.284 e. The van der Waals surface area contributed by atoms with Crippen LogP contribution in [0, 0.1) is 5.82 Å². The molecule has 4 rings (SSSR count). The van der Waals surface area contributed by atoms with Crippen molar-refractivity contribution < 1.29 is 14.3 Å². The first-order valence-corrected chi connectivity index (χ1v) is 10.1. The van der Waals surface area contributed by atoms with Crippen LogP contribution in [0.15, 0.2) is 65.8 Å². The largest absolute Gasteiger partial charge is 0.394 e. The van der Waals surface area contributed by atoms with Crippen molar-refractivity contribution in [2.45, 2.75) is 13.0 Å². The van der Waals surface area contributed by atoms with Gasteiger partial charge in [-0.2, -0.15) is 14.9 Å². The molecule has 0 aliphatic carbocycles. The predicted molar refractivity (Wildman–Crippen MR) is 119 cm³/mol. The summed E-state index contributed by atoms with van der Waals surface area (Å²) in [5.74, 6) is -0.961. The van der Waals surface area contributed by atoms with E-state index in [0.717, 1.165) is 10.2 Å². The minimum atomic E-state index is -0.626. The van der Waals surface area contributed by atoms with Gasteiger partial charge in [0.2, 0.25) is 0 Å². The van der Waals surface area contributed by atoms with Gasteiger partial charge in [-0.05, 0) is 49.4 Å². The number of aryl methyl sites for hydroxylation is 1. The molecule has 168 valence electrons. The molecule has 1 aromatic carbocycles. The van der Waals surface area contributed by atoms with Crippen molar-refractivity contribution in [3.8, 4) is 28.2 Å². The molecule has 1 amide bonds. The van der Waals surface area contributed by atoms with Gasteiger partial charge in [0, 0.05) is 30.4 Å². The highest BCUT2D eigenvalue weighted by Crippen LogP contribution is 2.22. The van der Waals surface area contributed by atoms with Crippen LogP contribution in [0.2, 0.25) is 0 Å². The van der Waals surface area contributed by atoms with E-state index < -0.39 is 17.5 Å². The number of aliphatic hydroxyl groups is 1. The molecular formula is C23H21FN6O3. The van der Waals surface area contributed by atoms with Crippen molar-refractivity contribution in [2.24, 2.45) is 7.05 Å². The van der Waals surface area contributed by atoms with Crippen molar-refractivity contribution in [3.63, 3.8) is 0 Å². The number of aromatic nitrogens is 5. The molecule has 0 bridgehead atoms. The zero-order valence-corrected chi connectivity index (χ0v) is 17.9. The van der Waals surface area contributed by atoms with Crippen LogP contribution in [0.5, 0.6) is 0 Å². The molecule has 0 radical (unpaired) electrons. The van der Waals surface area contributed by atoms with Gasteiger partial charge >= 0.3 is 0 Å². The highest BCUT2D eigenvalue weighted by atomic mass is 19.1. The van der Waals surface area contributed by atoms with E-state index in [-0.39, 0.29) is 18.0 Å². The monoisotopic (exact) mass is 448 g/mol. The molecule has 10 heteroatoms. The first-order valence-electron chi connectivity index (χ1n) is 10.1. The van der Waals surface area contributed by atoms with Gasteiger partial charge in [-0.25, -0.2) is 4.39 Å². The quantitative estimate of drug-likeness (QED) is 0.466. The lowest BCUT2D eigenvalue weighted by molar-refractivity contribution is 0.0920. The van der Waals surface area contributed by atoms with Crippen molar-refractivity contribution in [1.82, 2.24) is 29.9 Å². The van der Waals surface area contributed by atoms with E-state index in [1.165, 1.54) is 29.1 Å². The van der Waals surface area contributed by atoms with Crippen LogP contribution in [0.25, 0.3) is 28.2 Å². The first kappa shape index (κ1) is 22.0. The average Bonchev–Trinajstić information content (AvgIpc) is 3.25. The molecule has 0 fully saturated rings. The maximum atomic E-state index is 13.2. The molecule has 1 atom stereocenters. The van der Waals surface area contributed by atoms with Crippen LogP contribution in [-0.2, 0) is 7.05 Å². The SMILES string of the molecule is C[C@@H](CO)NC(=O)c1cc(-c2ccc(-c3ccc(F)cc3)nc2)nn(-c2cnn(C)c2)c1=O. The Morgan fingerprint density at radius 1 is 1.12 bits per heavy atom. The summed E-state index contributed by atoms with van der Waals surface area (Å²) in [5, 5.41) is 20.3. The molecule has 0 unspecified atom stereocenters. The van der Waals surface area contributed by atoms with Gasteiger partial charge < -0.3 is 10.4 Å². The standard InChI is InChI=1S/C23H21FN6O3/c1-14(13-31)27-22(32)19-9-21(28-30(23(19)33)18-11-26-29(2)12-18)16-5-8-20(25-10-16)15-3-6-17(24)7-4-15/h3-12,14,31H,13H2,1-2H3,(H,27,32)/t14-/m0/s1. The number of aliphatic hydroxyl groups excluding tert-OH is 1. The zero-order valence-electron chi connectivity index (χ0n) is 17.9. The molecule has 3 heterocycles. The highest BCUT2D eigenvalue weighted by Gasteiger charge is 2.19. The van der Waals surface area contributed by atoms with Gasteiger partial charge in [0.1, 0.15) is 17.1 Å². The lowest BCUT2D eigenvalue weighted by Crippen LogP contribution is -2.39. The topological polar surface area (TPSA) is 115 Å². The number of carbonyl (C=O) groups is 1. The predicted octanol–water partition coefficient (Wildman–Crippen LogP) is 1.94. The third kappa shape index (κ3) is 4.70. The number of hydrogen-bond donors (Lipinski definition) is 2. The number of rotatable bonds is 6. The highest BCUT2D eigenvalue weighted by molar-refractivity contribution is 5.95. The Hall–Kier alpha value is -4.18. The molecule has 33 heavy (non-hydrogen) atoms. The Bertz CT molecular complexity index is 1350. The maximum absolute atomic E-state index is 13.2. The second-order valence-electron chi connectivity index (χ2n) is 7.53. The van der Waals surface area contributed by atoms with Crippen molar-refractivity contribution in [3.05, 3.63) is 82.8 Å². The molecule has 0 saturated carbocycles. The number of hydrogen-bond acceptors (Lipinski definition) is 6. The van der Waals surface area contributed by atoms with E-state index in [1.807, 2.05) is 0 Å². The Balaban J connectivity index is 1.78. The van der Waals surface area contributed by atoms with Crippen molar-refractivity contribution in [2.75, 3.05) is 6.61 Å². The van der Waals surface area contributed by atoms with Crippen LogP contribution in [-0.4, -0.2) is 48.2 Å². The second kappa shape index (κ2) is 9.13. The summed E-state index contributed by atoms with van der Waals surface area (Å²) >= 11 is 0. The number of amides is 1. The van der Waals surface area contributed by atoms with Gasteiger partial charge in [-0.3, -0.25) is 19.3 Å². The van der Waals surface area contributed by atoms with Crippen LogP contribution in [0.4, 0.5) is 4.39 Å². The maximum Gasteiger partial charge on any atom is 0.284 e. The lowest BCUT2D eigenvalue weighted by Gasteiger charge is -2.13. The Labute approximate surface area is 188 Å². The normalized spacial score (nSPS) is 11.9. The first-order chi connectivity index (χ1) is 15.9. The zero-order chi connectivity index (χ0) is 23.5. The summed E-state index contributed by atoms with van der Waals surface area (Å²) in [4.78, 5) is 30.2. The fraction of sp³-hybridized carbons (Fsp3) is 0.174. The fourth-order valence-electron chi connectivity index (χ4n) is 3.17. The molecule has 4 aromatic rings. The van der Waals surface area contributed by atoms with E-state index in [2.05, 4.69) is 20.5 Å². The number of halogens is 1. The van der Waals surface area contributed by atoms with Gasteiger partial charge in [-0.15, -0.1) is 0 Å². The van der Waals surface area contributed by atoms with Crippen molar-refractivity contribution in [1.29, 1.82) is 0 Å². The molecule has 0 aliphatic heterocycles. The molecule has 9 nitrogen and oxygen atoms in total. The molecular weight excluding hydrogens is 427 g/mol. The third-order valence-corrected chi connectivity index (χ3v) is 4.94. The van der Waals surface area contributed by atoms with Gasteiger partial charge in [0.25, 0.3) is 11.5 Å². The molecule has 0 spiro atoms. The minimum Gasteiger partial charge on any atom is -0.394 e. The van der Waals surface area contributed by atoms with Crippen LogP contribution in [0.1, 0.15) is 17.3 Å². The summed E-state index contributed by atoms with van der Waals surface area (Å²) in [5.41, 5.74) is 1.94. The van der Waals surface area contributed by atoms with Crippen LogP contribution in [0.3, 0.4) is 0 Å². The second-order valence-corrected chi connectivity index (χ2v) is 7.53. The Morgan fingerprint density at radius 3 is 2.45 bits per heavy atom. The number of carbonyl (C=O) groups excluding carboxylic acids is 1. The van der Waals surface area contributed by atoms with E-state index in [0.29, 0.717) is 22.6 Å². The Kier molecular flexibility index (Phi) is 6.09. The molecule has 0 aliphatic rings. The molecule has 0 saturated heterocycles. The minimum absolute atomic E-state index is 0.133. The van der Waals surface area contributed by atoms with Crippen LogP contribution >= 0.6 is 0 Å². The number of nitrogens with one attached hydrogen (secondary N) is 1. The summed E-state index contributed by atoms with van der Waals surface area (Å²) in [6.45, 7) is 1.35. The summed E-state index contributed by atoms with van der Waals surface area (Å²) in [6.07, 6.45) is 4.63. The van der Waals surface area contributed by atoms with E-state index in [1.54, 1.807) is 50.6 Å². The third-order valence-electron chi connectivity index (χ3n) is 4.94. The average molecular weight is 448 g/mol. The van der Waals surface area contributed by atoms with Crippen LogP contribution < -0.4 is 10.9 Å². The summed E-state index contributed by atoms with van der Waals surface area (Å²) in [6, 6.07) is 10.3. The van der Waals surface area contributed by atoms with Crippen molar-refractivity contribution >= 4 is 5.91 Å². The Morgan fingerprint density at radius 2 is 1.85 bits per heavy atom. The number of benzene rings is 1. The fourth-order valence-corrected chi connectivity index (χ4v) is 3.17. The van der Waals surface area contributed by atoms with Gasteiger partial charge in [0.05, 0.1) is 30.4 Å². The van der Waals surface area contributed by atoms with Gasteiger partial charge in [-0.1, -0.05) is 0 Å². The summed E-state index contributed by atoms with van der Waals surface area (Å²) in [7, 11) is 1.70. The lowest BCUT2D eigenvalue weighted by atomic mass is 10.1. The van der Waals surface area contributed by atoms with E-state index in [4.69, 9.17) is 0 Å². The molecule has 3 aromatic heterocycles. The van der Waals surface area contributed by atoms with E-state index >= 15 is 0 Å². The summed E-state index contributed by atoms with van der Waals surface area (Å²) < 4.78 is 15.8.